The molecule has 0 unspecified atom stereocenters. The zero-order valence-corrected chi connectivity index (χ0v) is 6.19. The Morgan fingerprint density at radius 1 is 1.78 bits per heavy atom. The third-order valence-corrected chi connectivity index (χ3v) is 1.34. The van der Waals surface area contributed by atoms with Crippen molar-refractivity contribution < 1.29 is 9.90 Å². The fourth-order valence-electron chi connectivity index (χ4n) is 0.586. The van der Waals surface area contributed by atoms with Crippen molar-refractivity contribution in [2.45, 2.75) is 19.8 Å². The van der Waals surface area contributed by atoms with Crippen LogP contribution in [0.1, 0.15) is 19.8 Å². The van der Waals surface area contributed by atoms with Gasteiger partial charge in [-0.1, -0.05) is 6.92 Å². The Bertz CT molecular complexity index is 93.1. The highest BCUT2D eigenvalue weighted by Gasteiger charge is 2.05. The standard InChI is InChI=1S/C6H11ClO2/c1-5(2-3-7)4-6(8)9/h5H,2-4H2,1H3,(H,8,9)/t5-/m0/s1. The Morgan fingerprint density at radius 3 is 2.67 bits per heavy atom. The molecule has 0 fully saturated rings. The maximum atomic E-state index is 10.0. The SMILES string of the molecule is C[C@@H](CCCl)CC(=O)O. The average Bonchev–Trinajstić information content (AvgIpc) is 1.63. The van der Waals surface area contributed by atoms with E-state index in [0.29, 0.717) is 5.88 Å². The molecule has 0 radical (unpaired) electrons. The second-order valence-electron chi connectivity index (χ2n) is 2.18. The summed E-state index contributed by atoms with van der Waals surface area (Å²) in [6.07, 6.45) is 1.01. The van der Waals surface area contributed by atoms with Gasteiger partial charge in [-0.25, -0.2) is 0 Å². The molecular formula is C6H11ClO2. The van der Waals surface area contributed by atoms with Gasteiger partial charge in [-0.15, -0.1) is 11.6 Å². The molecule has 0 aromatic rings. The lowest BCUT2D eigenvalue weighted by Gasteiger charge is -2.03. The third kappa shape index (κ3) is 5.63. The highest BCUT2D eigenvalue weighted by molar-refractivity contribution is 6.17. The van der Waals surface area contributed by atoms with E-state index < -0.39 is 5.97 Å². The Morgan fingerprint density at radius 2 is 2.33 bits per heavy atom. The lowest BCUT2D eigenvalue weighted by atomic mass is 10.1. The van der Waals surface area contributed by atoms with E-state index in [2.05, 4.69) is 0 Å². The first kappa shape index (κ1) is 8.76. The number of halogens is 1. The molecule has 0 amide bonds. The van der Waals surface area contributed by atoms with Crippen molar-refractivity contribution in [2.75, 3.05) is 5.88 Å². The summed E-state index contributed by atoms with van der Waals surface area (Å²) in [5, 5.41) is 8.27. The Balaban J connectivity index is 3.26. The number of carboxylic acids is 1. The molecule has 54 valence electrons. The Labute approximate surface area is 59.8 Å². The van der Waals surface area contributed by atoms with E-state index in [9.17, 15) is 4.79 Å². The van der Waals surface area contributed by atoms with Gasteiger partial charge in [0, 0.05) is 12.3 Å². The van der Waals surface area contributed by atoms with Gasteiger partial charge in [0.1, 0.15) is 0 Å². The summed E-state index contributed by atoms with van der Waals surface area (Å²) < 4.78 is 0. The van der Waals surface area contributed by atoms with Crippen molar-refractivity contribution in [2.24, 2.45) is 5.92 Å². The highest BCUT2D eigenvalue weighted by Crippen LogP contribution is 2.07. The van der Waals surface area contributed by atoms with E-state index >= 15 is 0 Å². The second-order valence-corrected chi connectivity index (χ2v) is 2.56. The number of hydrogen-bond donors (Lipinski definition) is 1. The smallest absolute Gasteiger partial charge is 0.303 e. The van der Waals surface area contributed by atoms with Crippen LogP contribution >= 0.6 is 11.6 Å². The van der Waals surface area contributed by atoms with Gasteiger partial charge in [0.2, 0.25) is 0 Å². The lowest BCUT2D eigenvalue weighted by Crippen LogP contribution is -2.04. The van der Waals surface area contributed by atoms with Gasteiger partial charge in [-0.3, -0.25) is 4.79 Å². The van der Waals surface area contributed by atoms with E-state index in [1.165, 1.54) is 0 Å². The summed E-state index contributed by atoms with van der Waals surface area (Å²) in [4.78, 5) is 10.0. The van der Waals surface area contributed by atoms with Crippen LogP contribution in [-0.4, -0.2) is 17.0 Å². The number of hydrogen-bond acceptors (Lipinski definition) is 1. The van der Waals surface area contributed by atoms with Crippen molar-refractivity contribution >= 4 is 17.6 Å². The Kier molecular flexibility index (Phi) is 4.50. The molecule has 0 aliphatic carbocycles. The van der Waals surface area contributed by atoms with Crippen LogP contribution in [-0.2, 0) is 4.79 Å². The molecule has 0 aromatic heterocycles. The second kappa shape index (κ2) is 4.62. The van der Waals surface area contributed by atoms with Crippen LogP contribution in [0.25, 0.3) is 0 Å². The monoisotopic (exact) mass is 150 g/mol. The minimum Gasteiger partial charge on any atom is -0.481 e. The first-order valence-electron chi connectivity index (χ1n) is 2.94. The fourth-order valence-corrected chi connectivity index (χ4v) is 0.959. The van der Waals surface area contributed by atoms with Gasteiger partial charge in [0.05, 0.1) is 0 Å². The molecule has 2 nitrogen and oxygen atoms in total. The molecule has 3 heteroatoms. The molecule has 0 rings (SSSR count). The molecule has 0 bridgehead atoms. The first-order chi connectivity index (χ1) is 4.16. The number of carbonyl (C=O) groups is 1. The largest absolute Gasteiger partial charge is 0.481 e. The third-order valence-electron chi connectivity index (χ3n) is 1.12. The molecule has 0 saturated heterocycles. The van der Waals surface area contributed by atoms with E-state index in [1.807, 2.05) is 6.92 Å². The minimum atomic E-state index is -0.743. The van der Waals surface area contributed by atoms with Gasteiger partial charge in [-0.05, 0) is 12.3 Å². The molecule has 0 aliphatic heterocycles. The first-order valence-corrected chi connectivity index (χ1v) is 3.48. The quantitative estimate of drug-likeness (QED) is 0.620. The van der Waals surface area contributed by atoms with Crippen molar-refractivity contribution in [3.63, 3.8) is 0 Å². The minimum absolute atomic E-state index is 0.208. The highest BCUT2D eigenvalue weighted by atomic mass is 35.5. The molecular weight excluding hydrogens is 140 g/mol. The van der Waals surface area contributed by atoms with Crippen LogP contribution in [0.15, 0.2) is 0 Å². The summed E-state index contributed by atoms with van der Waals surface area (Å²) in [7, 11) is 0. The van der Waals surface area contributed by atoms with Crippen LogP contribution < -0.4 is 0 Å². The zero-order chi connectivity index (χ0) is 7.28. The molecule has 1 atom stereocenters. The molecule has 1 N–H and O–H groups in total. The van der Waals surface area contributed by atoms with E-state index in [1.54, 1.807) is 0 Å². The number of aliphatic carboxylic acids is 1. The van der Waals surface area contributed by atoms with Gasteiger partial charge >= 0.3 is 5.97 Å². The van der Waals surface area contributed by atoms with E-state index in [-0.39, 0.29) is 12.3 Å². The summed E-state index contributed by atoms with van der Waals surface area (Å²) in [5.74, 6) is 0.0154. The average molecular weight is 151 g/mol. The summed E-state index contributed by atoms with van der Waals surface area (Å²) in [5.41, 5.74) is 0. The summed E-state index contributed by atoms with van der Waals surface area (Å²) >= 11 is 5.39. The van der Waals surface area contributed by atoms with Gasteiger partial charge in [0.25, 0.3) is 0 Å². The molecule has 0 heterocycles. The summed E-state index contributed by atoms with van der Waals surface area (Å²) in [6.45, 7) is 1.89. The predicted octanol–water partition coefficient (Wildman–Crippen LogP) is 1.73. The van der Waals surface area contributed by atoms with E-state index in [0.717, 1.165) is 6.42 Å². The normalized spacial score (nSPS) is 13.1. The summed E-state index contributed by atoms with van der Waals surface area (Å²) in [6, 6.07) is 0. The molecule has 0 saturated carbocycles. The number of carboxylic acid groups (broad SMARTS) is 1. The van der Waals surface area contributed by atoms with E-state index in [4.69, 9.17) is 16.7 Å². The van der Waals surface area contributed by atoms with Crippen LogP contribution in [0.3, 0.4) is 0 Å². The van der Waals surface area contributed by atoms with Crippen molar-refractivity contribution in [3.8, 4) is 0 Å². The number of rotatable bonds is 4. The predicted molar refractivity (Wildman–Crippen MR) is 36.8 cm³/mol. The molecule has 9 heavy (non-hydrogen) atoms. The van der Waals surface area contributed by atoms with Gasteiger partial charge < -0.3 is 5.11 Å². The van der Waals surface area contributed by atoms with Crippen LogP contribution in [0.4, 0.5) is 0 Å². The van der Waals surface area contributed by atoms with Crippen molar-refractivity contribution in [1.82, 2.24) is 0 Å². The van der Waals surface area contributed by atoms with Crippen molar-refractivity contribution in [3.05, 3.63) is 0 Å². The van der Waals surface area contributed by atoms with Crippen LogP contribution in [0.5, 0.6) is 0 Å². The molecule has 0 aliphatic rings. The molecule has 0 aromatic carbocycles. The maximum absolute atomic E-state index is 10.0. The van der Waals surface area contributed by atoms with Crippen LogP contribution in [0, 0.1) is 5.92 Å². The van der Waals surface area contributed by atoms with Gasteiger partial charge in [0.15, 0.2) is 0 Å². The topological polar surface area (TPSA) is 37.3 Å². The number of alkyl halides is 1. The van der Waals surface area contributed by atoms with Crippen molar-refractivity contribution in [1.29, 1.82) is 0 Å². The lowest BCUT2D eigenvalue weighted by molar-refractivity contribution is -0.137. The Hall–Kier alpha value is -0.240. The van der Waals surface area contributed by atoms with Gasteiger partial charge in [-0.2, -0.15) is 0 Å². The zero-order valence-electron chi connectivity index (χ0n) is 5.43. The van der Waals surface area contributed by atoms with Crippen LogP contribution in [0.2, 0.25) is 0 Å². The molecule has 0 spiro atoms. The fraction of sp³-hybridized carbons (Fsp3) is 0.833. The maximum Gasteiger partial charge on any atom is 0.303 e.